The normalized spacial score (nSPS) is 13.0. The fraction of sp³-hybridized carbons (Fsp3) is 0.294. The molecule has 0 amide bonds. The summed E-state index contributed by atoms with van der Waals surface area (Å²) in [4.78, 5) is 0. The Kier molecular flexibility index (Phi) is 13.6. The zero-order chi connectivity index (χ0) is 38.0. The molecule has 0 heterocycles. The standard InChI is InChI=1S/2C17H18F3IO3S/c2*1-11-9-13(3)16(14(4)10-11)21(15-8-6-5-7-12(15)2)24-25(22,23)17(18,19)20/h2*5-10H,1-4H3. The summed E-state index contributed by atoms with van der Waals surface area (Å²) in [5.74, 6) is 0. The molecule has 4 aromatic carbocycles. The Morgan fingerprint density at radius 2 is 0.720 bits per heavy atom. The summed E-state index contributed by atoms with van der Waals surface area (Å²) in [5, 5.41) is 0. The van der Waals surface area contributed by atoms with Crippen LogP contribution in [0.15, 0.2) is 72.8 Å². The van der Waals surface area contributed by atoms with Crippen LogP contribution in [0.4, 0.5) is 26.3 Å². The van der Waals surface area contributed by atoms with Crippen molar-refractivity contribution in [2.24, 2.45) is 0 Å². The van der Waals surface area contributed by atoms with E-state index in [0.29, 0.717) is 25.4 Å². The van der Waals surface area contributed by atoms with Gasteiger partial charge in [-0.15, -0.1) is 0 Å². The quantitative estimate of drug-likeness (QED) is 0.0993. The molecule has 276 valence electrons. The molecule has 0 N–H and O–H groups in total. The first-order chi connectivity index (χ1) is 22.9. The second-order valence-electron chi connectivity index (χ2n) is 11.3. The molecule has 0 aromatic heterocycles. The third kappa shape index (κ3) is 9.99. The Morgan fingerprint density at radius 1 is 0.460 bits per heavy atom. The number of halogens is 8. The van der Waals surface area contributed by atoms with E-state index in [4.69, 9.17) is 5.03 Å². The van der Waals surface area contributed by atoms with Crippen LogP contribution in [0.1, 0.15) is 44.5 Å². The molecule has 6 nitrogen and oxygen atoms in total. The average Bonchev–Trinajstić information content (AvgIpc) is 2.95. The third-order valence-electron chi connectivity index (χ3n) is 6.89. The van der Waals surface area contributed by atoms with Gasteiger partial charge in [0.05, 0.1) is 0 Å². The zero-order valence-electron chi connectivity index (χ0n) is 28.2. The van der Waals surface area contributed by atoms with Crippen LogP contribution in [0.3, 0.4) is 0 Å². The summed E-state index contributed by atoms with van der Waals surface area (Å²) < 4.78 is 136. The second kappa shape index (κ2) is 16.2. The van der Waals surface area contributed by atoms with Crippen molar-refractivity contribution in [3.63, 3.8) is 0 Å². The summed E-state index contributed by atoms with van der Waals surface area (Å²) in [7, 11) is -11.4. The molecule has 50 heavy (non-hydrogen) atoms. The summed E-state index contributed by atoms with van der Waals surface area (Å²) in [5.41, 5.74) is -4.60. The topological polar surface area (TPSA) is 86.7 Å². The molecular formula is C34H36F6I2O6S2. The zero-order valence-corrected chi connectivity index (χ0v) is 34.2. The van der Waals surface area contributed by atoms with E-state index in [1.807, 2.05) is 38.1 Å². The van der Waals surface area contributed by atoms with Crippen molar-refractivity contribution in [2.75, 3.05) is 0 Å². The fourth-order valence-electron chi connectivity index (χ4n) is 4.93. The van der Waals surface area contributed by atoms with E-state index in [0.717, 1.165) is 33.4 Å². The van der Waals surface area contributed by atoms with Gasteiger partial charge >= 0.3 is 307 Å². The molecular weight excluding hydrogens is 936 g/mol. The van der Waals surface area contributed by atoms with Crippen LogP contribution in [0, 0.1) is 69.7 Å². The maximum atomic E-state index is 12.9. The van der Waals surface area contributed by atoms with Gasteiger partial charge in [-0.1, -0.05) is 0 Å². The van der Waals surface area contributed by atoms with Crippen molar-refractivity contribution in [1.82, 2.24) is 0 Å². The van der Waals surface area contributed by atoms with Crippen molar-refractivity contribution >= 4 is 60.7 Å². The Morgan fingerprint density at radius 3 is 0.960 bits per heavy atom. The van der Waals surface area contributed by atoms with Crippen LogP contribution in [-0.2, 0) is 25.3 Å². The van der Waals surface area contributed by atoms with E-state index in [1.165, 1.54) is 0 Å². The van der Waals surface area contributed by atoms with E-state index in [2.05, 4.69) is 0 Å². The van der Waals surface area contributed by atoms with Crippen LogP contribution < -0.4 is 0 Å². The number of hydrogen-bond donors (Lipinski definition) is 0. The molecule has 0 fully saturated rings. The maximum absolute atomic E-state index is 12.9. The number of rotatable bonds is 8. The van der Waals surface area contributed by atoms with Gasteiger partial charge in [-0.05, 0) is 0 Å². The predicted molar refractivity (Wildman–Crippen MR) is 199 cm³/mol. The van der Waals surface area contributed by atoms with Gasteiger partial charge in [-0.2, -0.15) is 0 Å². The Bertz CT molecular complexity index is 1890. The number of aryl methyl sites for hydroxylation is 8. The van der Waals surface area contributed by atoms with Crippen molar-refractivity contribution in [1.29, 1.82) is 0 Å². The molecule has 0 spiro atoms. The van der Waals surface area contributed by atoms with Crippen LogP contribution in [0.2, 0.25) is 0 Å². The molecule has 16 heteroatoms. The molecule has 0 unspecified atom stereocenters. The van der Waals surface area contributed by atoms with Gasteiger partial charge in [0.2, 0.25) is 0 Å². The van der Waals surface area contributed by atoms with Crippen molar-refractivity contribution in [3.8, 4) is 0 Å². The van der Waals surface area contributed by atoms with E-state index >= 15 is 0 Å². The predicted octanol–water partition coefficient (Wildman–Crippen LogP) is 10.5. The molecule has 0 atom stereocenters. The third-order valence-corrected chi connectivity index (χ3v) is 23.5. The van der Waals surface area contributed by atoms with Crippen molar-refractivity contribution < 1.29 is 48.2 Å². The van der Waals surface area contributed by atoms with E-state index in [9.17, 15) is 43.2 Å². The van der Waals surface area contributed by atoms with Crippen LogP contribution in [0.5, 0.6) is 0 Å². The Labute approximate surface area is 304 Å². The summed E-state index contributed by atoms with van der Waals surface area (Å²) in [6, 6.07) is 20.9. The van der Waals surface area contributed by atoms with E-state index in [1.54, 1.807) is 90.1 Å². The number of benzene rings is 4. The van der Waals surface area contributed by atoms with Crippen molar-refractivity contribution in [3.05, 3.63) is 132 Å². The number of alkyl halides is 6. The van der Waals surface area contributed by atoms with Gasteiger partial charge in [0, 0.05) is 0 Å². The van der Waals surface area contributed by atoms with Crippen LogP contribution in [-0.4, -0.2) is 27.9 Å². The van der Waals surface area contributed by atoms with Gasteiger partial charge in [0.25, 0.3) is 0 Å². The number of hydrogen-bond acceptors (Lipinski definition) is 6. The Hall–Kier alpha value is -2.26. The summed E-state index contributed by atoms with van der Waals surface area (Å²) in [6.45, 7) is 14.3. The first kappa shape index (κ1) is 42.2. The van der Waals surface area contributed by atoms with Gasteiger partial charge in [0.1, 0.15) is 0 Å². The molecule has 4 rings (SSSR count). The van der Waals surface area contributed by atoms with Gasteiger partial charge < -0.3 is 0 Å². The van der Waals surface area contributed by atoms with Gasteiger partial charge in [-0.25, -0.2) is 0 Å². The SMILES string of the molecule is Cc1cc(C)c(I(OS(=O)(=O)C(F)(F)F)c2ccccc2C)c(C)c1.Cc1cc(C)c(I(OS(=O)(=O)C(F)(F)F)c2ccccc2C)c(C)c1. The molecule has 0 saturated carbocycles. The molecule has 0 bridgehead atoms. The minimum absolute atomic E-state index is 0.537. The molecule has 4 aromatic rings. The van der Waals surface area contributed by atoms with Crippen molar-refractivity contribution in [2.45, 2.75) is 66.4 Å². The second-order valence-corrected chi connectivity index (χ2v) is 23.8. The molecule has 0 aliphatic heterocycles. The molecule has 0 aliphatic carbocycles. The Balaban J connectivity index is 0.000000270. The fourth-order valence-corrected chi connectivity index (χ4v) is 19.8. The first-order valence-electron chi connectivity index (χ1n) is 14.6. The van der Waals surface area contributed by atoms with Crippen LogP contribution >= 0.6 is 40.5 Å². The summed E-state index contributed by atoms with van der Waals surface area (Å²) >= 11 is -6.69. The van der Waals surface area contributed by atoms with E-state index < -0.39 is 71.7 Å². The first-order valence-corrected chi connectivity index (χ1v) is 23.5. The van der Waals surface area contributed by atoms with Gasteiger partial charge in [0.15, 0.2) is 0 Å². The van der Waals surface area contributed by atoms with E-state index in [-0.39, 0.29) is 0 Å². The van der Waals surface area contributed by atoms with Gasteiger partial charge in [-0.3, -0.25) is 0 Å². The van der Waals surface area contributed by atoms with Crippen LogP contribution in [0.25, 0.3) is 0 Å². The summed E-state index contributed by atoms with van der Waals surface area (Å²) in [6.07, 6.45) is 0. The molecule has 0 aliphatic rings. The molecule has 0 saturated heterocycles. The monoisotopic (exact) mass is 972 g/mol. The molecule has 0 radical (unpaired) electrons. The average molecular weight is 973 g/mol. The minimum atomic E-state index is -5.68.